The summed E-state index contributed by atoms with van der Waals surface area (Å²) in [6.07, 6.45) is -11.0. The summed E-state index contributed by atoms with van der Waals surface area (Å²) in [5.41, 5.74) is -4.33. The van der Waals surface area contributed by atoms with Crippen molar-refractivity contribution in [2.45, 2.75) is 25.4 Å². The normalized spacial score (nSPS) is 13.4. The van der Waals surface area contributed by atoms with Crippen LogP contribution in [-0.4, -0.2) is 32.5 Å². The monoisotopic (exact) mass is 483 g/mol. The number of benzene rings is 2. The van der Waals surface area contributed by atoms with Crippen LogP contribution < -0.4 is 4.72 Å². The molecular weight excluding hydrogens is 468 g/mol. The van der Waals surface area contributed by atoms with Crippen LogP contribution in [0.4, 0.5) is 32.0 Å². The number of Topliss-reactive ketones (excluding diaryl/α,β-unsaturated/α-hetero) is 1. The minimum absolute atomic E-state index is 0.0376. The average molecular weight is 483 g/mol. The quantitative estimate of drug-likeness (QED) is 0.371. The number of nitrogens with one attached hydrogen (secondary N) is 1. The lowest BCUT2D eigenvalue weighted by Gasteiger charge is -2.16. The fraction of sp³-hybridized carbons (Fsp3) is 0.263. The largest absolute Gasteiger partial charge is 0.451 e. The van der Waals surface area contributed by atoms with Crippen LogP contribution in [-0.2, 0) is 27.1 Å². The van der Waals surface area contributed by atoms with Crippen LogP contribution in [0.3, 0.4) is 0 Å². The number of sulfonamides is 1. The second-order valence-corrected chi connectivity index (χ2v) is 8.41. The Kier molecular flexibility index (Phi) is 6.93. The molecule has 6 nitrogen and oxygen atoms in total. The van der Waals surface area contributed by atoms with Crippen LogP contribution in [0.15, 0.2) is 42.5 Å². The average Bonchev–Trinajstić information content (AvgIpc) is 2.65. The molecule has 0 amide bonds. The first-order chi connectivity index (χ1) is 14.5. The highest BCUT2D eigenvalue weighted by atomic mass is 32.2. The van der Waals surface area contributed by atoms with E-state index in [1.165, 1.54) is 24.3 Å². The fourth-order valence-electron chi connectivity index (χ4n) is 2.51. The Bertz CT molecular complexity index is 1090. The Morgan fingerprint density at radius 3 is 1.75 bits per heavy atom. The standard InChI is InChI=1S/C19H15F6NO5S/c1-10(16(27)11-3-5-15(6-4-11)26-32(2,29)30)31-17(28)12-7-13(18(20,21)22)9-14(8-12)19(23,24)25/h3-10,26H,1-2H3/t10-/m0/s1. The van der Waals surface area contributed by atoms with Crippen molar-refractivity contribution in [3.05, 3.63) is 64.7 Å². The predicted octanol–water partition coefficient (Wildman–Crippen LogP) is 4.52. The fourth-order valence-corrected chi connectivity index (χ4v) is 3.07. The maximum absolute atomic E-state index is 12.9. The summed E-state index contributed by atoms with van der Waals surface area (Å²) in [6.45, 7) is 1.08. The number of ether oxygens (including phenoxy) is 1. The van der Waals surface area contributed by atoms with E-state index >= 15 is 0 Å². The first-order valence-corrected chi connectivity index (χ1v) is 10.5. The van der Waals surface area contributed by atoms with Gasteiger partial charge in [0.05, 0.1) is 22.9 Å². The summed E-state index contributed by atoms with van der Waals surface area (Å²) in [6, 6.07) is 5.13. The van der Waals surface area contributed by atoms with E-state index in [2.05, 4.69) is 4.72 Å². The van der Waals surface area contributed by atoms with Crippen molar-refractivity contribution in [1.82, 2.24) is 0 Å². The number of halogens is 6. The number of rotatable bonds is 6. The lowest BCUT2D eigenvalue weighted by atomic mass is 10.0. The molecule has 0 saturated heterocycles. The maximum Gasteiger partial charge on any atom is 0.416 e. The van der Waals surface area contributed by atoms with Gasteiger partial charge in [0.25, 0.3) is 0 Å². The highest BCUT2D eigenvalue weighted by molar-refractivity contribution is 7.92. The summed E-state index contributed by atoms with van der Waals surface area (Å²) >= 11 is 0. The first kappa shape index (κ1) is 25.2. The van der Waals surface area contributed by atoms with Crippen LogP contribution in [0.25, 0.3) is 0 Å². The van der Waals surface area contributed by atoms with E-state index < -0.39 is 56.9 Å². The minimum Gasteiger partial charge on any atom is -0.451 e. The summed E-state index contributed by atoms with van der Waals surface area (Å²) in [4.78, 5) is 24.6. The molecule has 0 aliphatic heterocycles. The molecule has 0 fully saturated rings. The van der Waals surface area contributed by atoms with Crippen molar-refractivity contribution in [2.75, 3.05) is 11.0 Å². The van der Waals surface area contributed by atoms with E-state index in [9.17, 15) is 44.3 Å². The second-order valence-electron chi connectivity index (χ2n) is 6.66. The Balaban J connectivity index is 2.24. The van der Waals surface area contributed by atoms with Gasteiger partial charge in [-0.3, -0.25) is 9.52 Å². The Hall–Kier alpha value is -3.09. The van der Waals surface area contributed by atoms with Crippen molar-refractivity contribution in [3.63, 3.8) is 0 Å². The molecule has 13 heteroatoms. The lowest BCUT2D eigenvalue weighted by molar-refractivity contribution is -0.143. The Labute approximate surface area is 178 Å². The number of anilines is 1. The third kappa shape index (κ3) is 6.70. The lowest BCUT2D eigenvalue weighted by Crippen LogP contribution is -2.25. The Morgan fingerprint density at radius 2 is 1.34 bits per heavy atom. The molecule has 2 rings (SSSR count). The van der Waals surface area contributed by atoms with Crippen molar-refractivity contribution in [3.8, 4) is 0 Å². The number of carbonyl (C=O) groups excluding carboxylic acids is 2. The molecule has 0 bridgehead atoms. The molecule has 0 aromatic heterocycles. The van der Waals surface area contributed by atoms with Crippen molar-refractivity contribution >= 4 is 27.5 Å². The summed E-state index contributed by atoms with van der Waals surface area (Å²) in [7, 11) is -3.57. The Morgan fingerprint density at radius 1 is 0.875 bits per heavy atom. The summed E-state index contributed by atoms with van der Waals surface area (Å²) in [5, 5.41) is 0. The molecule has 0 saturated carbocycles. The van der Waals surface area contributed by atoms with Crippen molar-refractivity contribution < 1.29 is 49.1 Å². The molecule has 2 aromatic carbocycles. The molecular formula is C19H15F6NO5S. The molecule has 1 atom stereocenters. The molecule has 0 radical (unpaired) electrons. The topological polar surface area (TPSA) is 89.5 Å². The maximum atomic E-state index is 12.9. The van der Waals surface area contributed by atoms with Gasteiger partial charge in [0.15, 0.2) is 6.10 Å². The van der Waals surface area contributed by atoms with E-state index in [0.717, 1.165) is 13.2 Å². The van der Waals surface area contributed by atoms with E-state index in [4.69, 9.17) is 4.74 Å². The third-order valence-corrected chi connectivity index (χ3v) is 4.56. The van der Waals surface area contributed by atoms with E-state index in [0.29, 0.717) is 0 Å². The molecule has 0 aliphatic carbocycles. The second kappa shape index (κ2) is 8.81. The highest BCUT2D eigenvalue weighted by Gasteiger charge is 2.38. The minimum atomic E-state index is -5.15. The number of hydrogen-bond donors (Lipinski definition) is 1. The number of alkyl halides is 6. The zero-order chi connectivity index (χ0) is 24.5. The molecule has 0 aliphatic rings. The zero-order valence-electron chi connectivity index (χ0n) is 16.3. The van der Waals surface area contributed by atoms with Gasteiger partial charge in [0, 0.05) is 11.3 Å². The first-order valence-electron chi connectivity index (χ1n) is 8.60. The van der Waals surface area contributed by atoms with Crippen molar-refractivity contribution in [1.29, 1.82) is 0 Å². The van der Waals surface area contributed by atoms with Gasteiger partial charge in [-0.25, -0.2) is 13.2 Å². The number of hydrogen-bond acceptors (Lipinski definition) is 5. The van der Waals surface area contributed by atoms with Gasteiger partial charge in [-0.2, -0.15) is 26.3 Å². The molecule has 174 valence electrons. The molecule has 1 N–H and O–H groups in total. The van der Waals surface area contributed by atoms with Crippen LogP contribution in [0.2, 0.25) is 0 Å². The van der Waals surface area contributed by atoms with Gasteiger partial charge in [0.1, 0.15) is 0 Å². The highest BCUT2D eigenvalue weighted by Crippen LogP contribution is 2.36. The molecule has 0 unspecified atom stereocenters. The number of ketones is 1. The van der Waals surface area contributed by atoms with Crippen LogP contribution in [0.1, 0.15) is 38.8 Å². The van der Waals surface area contributed by atoms with E-state index in [1.807, 2.05) is 0 Å². The van der Waals surface area contributed by atoms with Gasteiger partial charge >= 0.3 is 18.3 Å². The predicted molar refractivity (Wildman–Crippen MR) is 101 cm³/mol. The number of esters is 1. The molecule has 0 heterocycles. The van der Waals surface area contributed by atoms with Crippen LogP contribution >= 0.6 is 0 Å². The smallest absolute Gasteiger partial charge is 0.416 e. The van der Waals surface area contributed by atoms with E-state index in [1.54, 1.807) is 0 Å². The van der Waals surface area contributed by atoms with Crippen LogP contribution in [0, 0.1) is 0 Å². The zero-order valence-corrected chi connectivity index (χ0v) is 17.2. The van der Waals surface area contributed by atoms with Crippen LogP contribution in [0.5, 0.6) is 0 Å². The van der Waals surface area contributed by atoms with Gasteiger partial charge in [0.2, 0.25) is 15.8 Å². The van der Waals surface area contributed by atoms with Crippen molar-refractivity contribution in [2.24, 2.45) is 0 Å². The summed E-state index contributed by atoms with van der Waals surface area (Å²) < 4.78 is 107. The van der Waals surface area contributed by atoms with E-state index in [-0.39, 0.29) is 29.4 Å². The summed E-state index contributed by atoms with van der Waals surface area (Å²) in [5.74, 6) is -2.37. The van der Waals surface area contributed by atoms with Gasteiger partial charge in [-0.1, -0.05) is 0 Å². The third-order valence-electron chi connectivity index (χ3n) is 3.95. The van der Waals surface area contributed by atoms with Gasteiger partial charge < -0.3 is 4.74 Å². The molecule has 0 spiro atoms. The van der Waals surface area contributed by atoms with Gasteiger partial charge in [-0.05, 0) is 49.4 Å². The number of carbonyl (C=O) groups is 2. The van der Waals surface area contributed by atoms with Gasteiger partial charge in [-0.15, -0.1) is 0 Å². The SMILES string of the molecule is C[C@H](OC(=O)c1cc(C(F)(F)F)cc(C(F)(F)F)c1)C(=O)c1ccc(NS(C)(=O)=O)cc1. The molecule has 32 heavy (non-hydrogen) atoms. The molecule has 2 aromatic rings.